The van der Waals surface area contributed by atoms with Crippen molar-refractivity contribution in [2.75, 3.05) is 5.32 Å². The molecule has 0 aliphatic heterocycles. The molecule has 0 spiro atoms. The Balaban J connectivity index is 2.17. The first-order valence-corrected chi connectivity index (χ1v) is 6.61. The molecule has 2 rings (SSSR count). The standard InChI is InChI=1S/C16H16ClNO/c1-11(2)12-5-4-8-15(10-12)18-16(19)13-6-3-7-14(17)9-13/h3-11H,1-2H3,(H,18,19). The highest BCUT2D eigenvalue weighted by Gasteiger charge is 2.07. The van der Waals surface area contributed by atoms with Gasteiger partial charge in [0.1, 0.15) is 0 Å². The first-order chi connectivity index (χ1) is 9.06. The van der Waals surface area contributed by atoms with Crippen molar-refractivity contribution >= 4 is 23.2 Å². The fraction of sp³-hybridized carbons (Fsp3) is 0.188. The molecule has 0 unspecified atom stereocenters. The SMILES string of the molecule is CC(C)c1cccc(NC(=O)c2cccc(Cl)c2)c1. The average Bonchev–Trinajstić information content (AvgIpc) is 2.39. The van der Waals surface area contributed by atoms with Gasteiger partial charge in [-0.15, -0.1) is 0 Å². The summed E-state index contributed by atoms with van der Waals surface area (Å²) in [5.74, 6) is 0.284. The minimum atomic E-state index is -0.150. The number of amides is 1. The smallest absolute Gasteiger partial charge is 0.255 e. The van der Waals surface area contributed by atoms with E-state index < -0.39 is 0 Å². The Morgan fingerprint density at radius 2 is 1.84 bits per heavy atom. The number of rotatable bonds is 3. The zero-order valence-corrected chi connectivity index (χ0v) is 11.7. The van der Waals surface area contributed by atoms with Gasteiger partial charge in [0.05, 0.1) is 0 Å². The quantitative estimate of drug-likeness (QED) is 0.862. The molecule has 2 aromatic carbocycles. The normalized spacial score (nSPS) is 10.5. The molecule has 98 valence electrons. The van der Waals surface area contributed by atoms with Gasteiger partial charge in [-0.2, -0.15) is 0 Å². The molecule has 0 heterocycles. The van der Waals surface area contributed by atoms with Gasteiger partial charge in [0.2, 0.25) is 0 Å². The van der Waals surface area contributed by atoms with Gasteiger partial charge in [0.25, 0.3) is 5.91 Å². The Morgan fingerprint density at radius 1 is 1.11 bits per heavy atom. The molecule has 0 aliphatic rings. The second-order valence-electron chi connectivity index (χ2n) is 4.74. The summed E-state index contributed by atoms with van der Waals surface area (Å²) >= 11 is 5.88. The van der Waals surface area contributed by atoms with Crippen LogP contribution in [0.1, 0.15) is 35.7 Å². The van der Waals surface area contributed by atoms with Gasteiger partial charge in [0.15, 0.2) is 0 Å². The largest absolute Gasteiger partial charge is 0.322 e. The van der Waals surface area contributed by atoms with E-state index in [4.69, 9.17) is 11.6 Å². The number of halogens is 1. The third-order valence-corrected chi connectivity index (χ3v) is 3.13. The molecule has 0 bridgehead atoms. The molecule has 0 atom stereocenters. The number of carbonyl (C=O) groups is 1. The van der Waals surface area contributed by atoms with Crippen LogP contribution >= 0.6 is 11.6 Å². The van der Waals surface area contributed by atoms with Crippen LogP contribution in [0.5, 0.6) is 0 Å². The molecule has 0 saturated carbocycles. The minimum Gasteiger partial charge on any atom is -0.322 e. The van der Waals surface area contributed by atoms with Gasteiger partial charge >= 0.3 is 0 Å². The highest BCUT2D eigenvalue weighted by molar-refractivity contribution is 6.31. The monoisotopic (exact) mass is 273 g/mol. The van der Waals surface area contributed by atoms with Crippen molar-refractivity contribution in [3.05, 3.63) is 64.7 Å². The van der Waals surface area contributed by atoms with E-state index in [0.29, 0.717) is 16.5 Å². The van der Waals surface area contributed by atoms with Crippen LogP contribution in [0.4, 0.5) is 5.69 Å². The lowest BCUT2D eigenvalue weighted by molar-refractivity contribution is 0.102. The van der Waals surface area contributed by atoms with Crippen LogP contribution in [0.2, 0.25) is 5.02 Å². The average molecular weight is 274 g/mol. The van der Waals surface area contributed by atoms with E-state index in [1.54, 1.807) is 24.3 Å². The van der Waals surface area contributed by atoms with Crippen molar-refractivity contribution in [1.82, 2.24) is 0 Å². The lowest BCUT2D eigenvalue weighted by Gasteiger charge is -2.09. The predicted octanol–water partition coefficient (Wildman–Crippen LogP) is 4.72. The molecule has 19 heavy (non-hydrogen) atoms. The van der Waals surface area contributed by atoms with Crippen molar-refractivity contribution in [3.63, 3.8) is 0 Å². The Kier molecular flexibility index (Phi) is 4.23. The fourth-order valence-corrected chi connectivity index (χ4v) is 2.00. The van der Waals surface area contributed by atoms with Gasteiger partial charge in [0, 0.05) is 16.3 Å². The highest BCUT2D eigenvalue weighted by Crippen LogP contribution is 2.19. The Morgan fingerprint density at radius 3 is 2.53 bits per heavy atom. The van der Waals surface area contributed by atoms with Crippen LogP contribution in [-0.2, 0) is 0 Å². The highest BCUT2D eigenvalue weighted by atomic mass is 35.5. The molecule has 1 amide bonds. The van der Waals surface area contributed by atoms with Gasteiger partial charge in [-0.1, -0.05) is 43.6 Å². The molecule has 2 nitrogen and oxygen atoms in total. The van der Waals surface area contributed by atoms with E-state index in [-0.39, 0.29) is 5.91 Å². The Hall–Kier alpha value is -1.80. The maximum absolute atomic E-state index is 12.1. The number of anilines is 1. The zero-order chi connectivity index (χ0) is 13.8. The minimum absolute atomic E-state index is 0.150. The van der Waals surface area contributed by atoms with E-state index >= 15 is 0 Å². The van der Waals surface area contributed by atoms with Gasteiger partial charge < -0.3 is 5.32 Å². The Bertz CT molecular complexity index is 593. The summed E-state index contributed by atoms with van der Waals surface area (Å²) in [5.41, 5.74) is 2.56. The van der Waals surface area contributed by atoms with Crippen molar-refractivity contribution in [2.24, 2.45) is 0 Å². The number of carbonyl (C=O) groups excluding carboxylic acids is 1. The second kappa shape index (κ2) is 5.89. The maximum atomic E-state index is 12.1. The van der Waals surface area contributed by atoms with Gasteiger partial charge in [-0.3, -0.25) is 4.79 Å². The van der Waals surface area contributed by atoms with E-state index in [1.165, 1.54) is 5.56 Å². The molecule has 3 heteroatoms. The molecular weight excluding hydrogens is 258 g/mol. The third-order valence-electron chi connectivity index (χ3n) is 2.90. The van der Waals surface area contributed by atoms with Gasteiger partial charge in [-0.25, -0.2) is 0 Å². The van der Waals surface area contributed by atoms with Crippen molar-refractivity contribution < 1.29 is 4.79 Å². The van der Waals surface area contributed by atoms with Crippen LogP contribution in [0.3, 0.4) is 0 Å². The molecular formula is C16H16ClNO. The van der Waals surface area contributed by atoms with Crippen LogP contribution in [0.25, 0.3) is 0 Å². The number of benzene rings is 2. The van der Waals surface area contributed by atoms with Crippen LogP contribution in [-0.4, -0.2) is 5.91 Å². The molecule has 0 saturated heterocycles. The molecule has 2 aromatic rings. The van der Waals surface area contributed by atoms with Crippen LogP contribution < -0.4 is 5.32 Å². The molecule has 0 radical (unpaired) electrons. The summed E-state index contributed by atoms with van der Waals surface area (Å²) in [4.78, 5) is 12.1. The summed E-state index contributed by atoms with van der Waals surface area (Å²) in [7, 11) is 0. The van der Waals surface area contributed by atoms with E-state index in [2.05, 4.69) is 25.2 Å². The first kappa shape index (κ1) is 13.6. The van der Waals surface area contributed by atoms with Crippen LogP contribution in [0.15, 0.2) is 48.5 Å². The third kappa shape index (κ3) is 3.58. The maximum Gasteiger partial charge on any atom is 0.255 e. The predicted molar refractivity (Wildman–Crippen MR) is 79.9 cm³/mol. The van der Waals surface area contributed by atoms with Gasteiger partial charge in [-0.05, 0) is 41.8 Å². The number of nitrogens with one attached hydrogen (secondary N) is 1. The van der Waals surface area contributed by atoms with E-state index in [9.17, 15) is 4.79 Å². The fourth-order valence-electron chi connectivity index (χ4n) is 1.81. The summed E-state index contributed by atoms with van der Waals surface area (Å²) in [6.45, 7) is 4.25. The summed E-state index contributed by atoms with van der Waals surface area (Å²) in [5, 5.41) is 3.44. The topological polar surface area (TPSA) is 29.1 Å². The molecule has 0 aromatic heterocycles. The van der Waals surface area contributed by atoms with Crippen molar-refractivity contribution in [3.8, 4) is 0 Å². The molecule has 0 aliphatic carbocycles. The number of hydrogen-bond acceptors (Lipinski definition) is 1. The number of hydrogen-bond donors (Lipinski definition) is 1. The second-order valence-corrected chi connectivity index (χ2v) is 5.18. The van der Waals surface area contributed by atoms with Crippen molar-refractivity contribution in [2.45, 2.75) is 19.8 Å². The molecule has 1 N–H and O–H groups in total. The summed E-state index contributed by atoms with van der Waals surface area (Å²) in [6.07, 6.45) is 0. The lowest BCUT2D eigenvalue weighted by Crippen LogP contribution is -2.11. The summed E-state index contributed by atoms with van der Waals surface area (Å²) in [6, 6.07) is 14.8. The van der Waals surface area contributed by atoms with Crippen molar-refractivity contribution in [1.29, 1.82) is 0 Å². The van der Waals surface area contributed by atoms with E-state index in [1.807, 2.05) is 18.2 Å². The summed E-state index contributed by atoms with van der Waals surface area (Å²) < 4.78 is 0. The van der Waals surface area contributed by atoms with Crippen LogP contribution in [0, 0.1) is 0 Å². The lowest BCUT2D eigenvalue weighted by atomic mass is 10.0. The molecule has 0 fully saturated rings. The van der Waals surface area contributed by atoms with E-state index in [0.717, 1.165) is 5.69 Å². The first-order valence-electron chi connectivity index (χ1n) is 6.23. The zero-order valence-electron chi connectivity index (χ0n) is 11.0. The Labute approximate surface area is 118 Å².